The highest BCUT2D eigenvalue weighted by Crippen LogP contribution is 2.28. The molecule has 0 spiro atoms. The van der Waals surface area contributed by atoms with Crippen LogP contribution >= 0.6 is 0 Å². The molecule has 0 unspecified atom stereocenters. The van der Waals surface area contributed by atoms with E-state index in [0.29, 0.717) is 29.1 Å². The molecule has 1 heterocycles. The van der Waals surface area contributed by atoms with Gasteiger partial charge >= 0.3 is 0 Å². The van der Waals surface area contributed by atoms with Crippen LogP contribution in [-0.4, -0.2) is 18.2 Å². The first-order valence-electron chi connectivity index (χ1n) is 9.49. The quantitative estimate of drug-likeness (QED) is 0.674. The number of ketones is 2. The number of benzene rings is 2. The zero-order valence-corrected chi connectivity index (χ0v) is 16.3. The fourth-order valence-corrected chi connectivity index (χ4v) is 3.32. The van der Waals surface area contributed by atoms with Crippen LogP contribution in [0.2, 0.25) is 0 Å². The Kier molecular flexibility index (Phi) is 4.96. The largest absolute Gasteiger partial charge is 0.494 e. The molecule has 0 saturated heterocycles. The molecule has 2 aromatic carbocycles. The topological polar surface area (TPSA) is 59.3 Å². The van der Waals surface area contributed by atoms with E-state index in [2.05, 4.69) is 5.32 Å². The first-order chi connectivity index (χ1) is 14.1. The van der Waals surface area contributed by atoms with E-state index in [0.717, 1.165) is 11.3 Å². The summed E-state index contributed by atoms with van der Waals surface area (Å²) in [6, 6.07) is 18.0. The number of ether oxygens (including phenoxy) is 1. The average molecular weight is 385 g/mol. The summed E-state index contributed by atoms with van der Waals surface area (Å²) >= 11 is 0. The Morgan fingerprint density at radius 2 is 1.48 bits per heavy atom. The highest BCUT2D eigenvalue weighted by Gasteiger charge is 2.38. The van der Waals surface area contributed by atoms with E-state index >= 15 is 0 Å². The molecule has 0 bridgehead atoms. The molecule has 3 aromatic rings. The van der Waals surface area contributed by atoms with E-state index in [9.17, 15) is 9.59 Å². The van der Waals surface area contributed by atoms with E-state index < -0.39 is 0 Å². The second-order valence-electron chi connectivity index (χ2n) is 6.79. The Hall–Kier alpha value is -3.73. The van der Waals surface area contributed by atoms with Crippen LogP contribution in [0.1, 0.15) is 33.2 Å². The van der Waals surface area contributed by atoms with Gasteiger partial charge in [0.05, 0.1) is 6.61 Å². The molecule has 29 heavy (non-hydrogen) atoms. The number of nitrogens with one attached hydrogen (secondary N) is 1. The van der Waals surface area contributed by atoms with Crippen LogP contribution in [0.15, 0.2) is 78.8 Å². The lowest BCUT2D eigenvalue weighted by atomic mass is 9.90. The molecule has 5 heteroatoms. The Morgan fingerprint density at radius 3 is 2.10 bits per heavy atom. The van der Waals surface area contributed by atoms with Crippen molar-refractivity contribution in [1.82, 2.24) is 0 Å². The second-order valence-corrected chi connectivity index (χ2v) is 6.79. The number of hydrogen-bond acceptors (Lipinski definition) is 4. The number of aromatic nitrogens is 1. The first kappa shape index (κ1) is 18.6. The van der Waals surface area contributed by atoms with Crippen molar-refractivity contribution in [2.45, 2.75) is 13.8 Å². The summed E-state index contributed by atoms with van der Waals surface area (Å²) in [5, 5.41) is 3.17. The SMILES string of the molecule is CCOc1ccc(NC2=C([n+]3ccc(C)cc3)C(=O)c3ccccc3C2=O)cc1. The van der Waals surface area contributed by atoms with Crippen molar-refractivity contribution in [3.05, 3.63) is 95.4 Å². The normalized spacial score (nSPS) is 13.3. The highest BCUT2D eigenvalue weighted by molar-refractivity contribution is 6.36. The van der Waals surface area contributed by atoms with Crippen LogP contribution < -0.4 is 14.6 Å². The summed E-state index contributed by atoms with van der Waals surface area (Å²) in [5.74, 6) is 0.344. The van der Waals surface area contributed by atoms with Gasteiger partial charge in [-0.3, -0.25) is 9.59 Å². The molecule has 1 aliphatic rings. The van der Waals surface area contributed by atoms with Gasteiger partial charge in [0.25, 0.3) is 11.5 Å². The van der Waals surface area contributed by atoms with Crippen molar-refractivity contribution in [3.8, 4) is 5.75 Å². The molecule has 1 aromatic heterocycles. The molecule has 0 radical (unpaired) electrons. The Labute approximate surface area is 169 Å². The molecule has 0 aliphatic heterocycles. The Morgan fingerprint density at radius 1 is 0.862 bits per heavy atom. The van der Waals surface area contributed by atoms with E-state index in [-0.39, 0.29) is 17.3 Å². The minimum Gasteiger partial charge on any atom is -0.494 e. The third-order valence-electron chi connectivity index (χ3n) is 4.78. The van der Waals surface area contributed by atoms with Crippen molar-refractivity contribution in [2.75, 3.05) is 11.9 Å². The van der Waals surface area contributed by atoms with Gasteiger partial charge in [-0.2, -0.15) is 4.57 Å². The number of nitrogens with zero attached hydrogens (tertiary/aromatic N) is 1. The number of aryl methyl sites for hydroxylation is 1. The molecule has 1 N–H and O–H groups in total. The number of anilines is 1. The fraction of sp³-hybridized carbons (Fsp3) is 0.125. The van der Waals surface area contributed by atoms with Crippen LogP contribution in [-0.2, 0) is 0 Å². The third-order valence-corrected chi connectivity index (χ3v) is 4.78. The van der Waals surface area contributed by atoms with Gasteiger partial charge in [-0.15, -0.1) is 0 Å². The standard InChI is InChI=1S/C24H20N2O3/c1-3-29-18-10-8-17(9-11-18)25-21-22(26-14-12-16(2)13-15-26)24(28)20-7-5-4-6-19(20)23(21)27/h4-15H,3H2,1-2H3/p+1. The summed E-state index contributed by atoms with van der Waals surface area (Å²) in [7, 11) is 0. The predicted octanol–water partition coefficient (Wildman–Crippen LogP) is 4.04. The molecule has 0 atom stereocenters. The van der Waals surface area contributed by atoms with Gasteiger partial charge in [0.2, 0.25) is 5.78 Å². The lowest BCUT2D eigenvalue weighted by Crippen LogP contribution is -2.42. The fourth-order valence-electron chi connectivity index (χ4n) is 3.32. The number of pyridine rings is 1. The molecule has 0 amide bonds. The Balaban J connectivity index is 1.82. The lowest BCUT2D eigenvalue weighted by Gasteiger charge is -2.18. The van der Waals surface area contributed by atoms with Gasteiger partial charge in [0, 0.05) is 28.9 Å². The van der Waals surface area contributed by atoms with Gasteiger partial charge in [-0.1, -0.05) is 24.3 Å². The van der Waals surface area contributed by atoms with Gasteiger partial charge in [-0.25, -0.2) is 0 Å². The van der Waals surface area contributed by atoms with E-state index in [1.54, 1.807) is 41.2 Å². The van der Waals surface area contributed by atoms with Crippen molar-refractivity contribution in [2.24, 2.45) is 0 Å². The molecule has 0 saturated carbocycles. The first-order valence-corrected chi connectivity index (χ1v) is 9.49. The molecule has 1 aliphatic carbocycles. The molecular weight excluding hydrogens is 364 g/mol. The maximum atomic E-state index is 13.3. The van der Waals surface area contributed by atoms with Gasteiger partial charge in [0.1, 0.15) is 5.75 Å². The summed E-state index contributed by atoms with van der Waals surface area (Å²) in [6.07, 6.45) is 3.59. The van der Waals surface area contributed by atoms with E-state index in [4.69, 9.17) is 4.74 Å². The van der Waals surface area contributed by atoms with Crippen molar-refractivity contribution >= 4 is 23.0 Å². The summed E-state index contributed by atoms with van der Waals surface area (Å²) in [5.41, 5.74) is 3.15. The van der Waals surface area contributed by atoms with Crippen LogP contribution in [0.3, 0.4) is 0 Å². The van der Waals surface area contributed by atoms with Gasteiger partial charge in [0.15, 0.2) is 18.1 Å². The van der Waals surface area contributed by atoms with Crippen LogP contribution in [0.5, 0.6) is 5.75 Å². The van der Waals surface area contributed by atoms with E-state index in [1.165, 1.54) is 0 Å². The second kappa shape index (κ2) is 7.72. The van der Waals surface area contributed by atoms with Gasteiger partial charge < -0.3 is 10.1 Å². The number of fused-ring (bicyclic) bond motifs is 1. The van der Waals surface area contributed by atoms with Crippen molar-refractivity contribution in [3.63, 3.8) is 0 Å². The van der Waals surface area contributed by atoms with Crippen LogP contribution in [0.4, 0.5) is 5.69 Å². The minimum atomic E-state index is -0.211. The minimum absolute atomic E-state index is 0.192. The maximum absolute atomic E-state index is 13.3. The van der Waals surface area contributed by atoms with E-state index in [1.807, 2.05) is 50.2 Å². The molecule has 5 nitrogen and oxygen atoms in total. The highest BCUT2D eigenvalue weighted by atomic mass is 16.5. The summed E-state index contributed by atoms with van der Waals surface area (Å²) in [4.78, 5) is 26.6. The molecule has 4 rings (SSSR count). The average Bonchev–Trinajstić information content (AvgIpc) is 2.74. The number of Topliss-reactive ketones (excluding diaryl/α,β-unsaturated/α-hetero) is 2. The number of carbonyl (C=O) groups excluding carboxylic acids is 2. The number of hydrogen-bond donors (Lipinski definition) is 1. The lowest BCUT2D eigenvalue weighted by molar-refractivity contribution is -0.577. The van der Waals surface area contributed by atoms with Crippen LogP contribution in [0, 0.1) is 6.92 Å². The number of rotatable bonds is 5. The molecular formula is C24H21N2O3+. The number of allylic oxidation sites excluding steroid dienone is 2. The van der Waals surface area contributed by atoms with Gasteiger partial charge in [-0.05, 0) is 43.7 Å². The van der Waals surface area contributed by atoms with Crippen molar-refractivity contribution in [1.29, 1.82) is 0 Å². The number of carbonyl (C=O) groups is 2. The third kappa shape index (κ3) is 3.55. The molecule has 144 valence electrons. The monoisotopic (exact) mass is 385 g/mol. The zero-order chi connectivity index (χ0) is 20.4. The smallest absolute Gasteiger partial charge is 0.286 e. The zero-order valence-electron chi connectivity index (χ0n) is 16.3. The van der Waals surface area contributed by atoms with Crippen LogP contribution in [0.25, 0.3) is 5.70 Å². The summed E-state index contributed by atoms with van der Waals surface area (Å²) < 4.78 is 7.17. The van der Waals surface area contributed by atoms with Crippen molar-refractivity contribution < 1.29 is 18.9 Å². The summed E-state index contributed by atoms with van der Waals surface area (Å²) in [6.45, 7) is 4.47. The Bertz CT molecular complexity index is 1110. The molecule has 0 fully saturated rings. The maximum Gasteiger partial charge on any atom is 0.286 e. The predicted molar refractivity (Wildman–Crippen MR) is 111 cm³/mol.